The molecule has 0 saturated carbocycles. The van der Waals surface area contributed by atoms with E-state index in [1.807, 2.05) is 35.2 Å². The fourth-order valence-electron chi connectivity index (χ4n) is 3.12. The second-order valence-electron chi connectivity index (χ2n) is 7.01. The number of rotatable bonds is 8. The SMILES string of the molecule is COc1ccc(Cl)cc1NC(=O)CSc1nc(Nc2ccccc2)nc(N2CCOCC2)n1. The minimum absolute atomic E-state index is 0.104. The first kappa shape index (κ1) is 23.1. The van der Waals surface area contributed by atoms with Gasteiger partial charge in [0, 0.05) is 23.8 Å². The summed E-state index contributed by atoms with van der Waals surface area (Å²) in [6.07, 6.45) is 0. The van der Waals surface area contributed by atoms with Crippen molar-refractivity contribution in [2.24, 2.45) is 0 Å². The van der Waals surface area contributed by atoms with Crippen LogP contribution >= 0.6 is 23.4 Å². The highest BCUT2D eigenvalue weighted by atomic mass is 35.5. The van der Waals surface area contributed by atoms with Crippen LogP contribution in [0.3, 0.4) is 0 Å². The number of carbonyl (C=O) groups excluding carboxylic acids is 1. The maximum Gasteiger partial charge on any atom is 0.234 e. The zero-order chi connectivity index (χ0) is 23.0. The van der Waals surface area contributed by atoms with Gasteiger partial charge in [0.15, 0.2) is 5.16 Å². The van der Waals surface area contributed by atoms with E-state index in [9.17, 15) is 4.79 Å². The van der Waals surface area contributed by atoms with Gasteiger partial charge in [0.2, 0.25) is 17.8 Å². The lowest BCUT2D eigenvalue weighted by atomic mass is 10.3. The third-order valence-corrected chi connectivity index (χ3v) is 5.78. The lowest BCUT2D eigenvalue weighted by Crippen LogP contribution is -2.37. The van der Waals surface area contributed by atoms with Crippen LogP contribution in [0.1, 0.15) is 0 Å². The minimum Gasteiger partial charge on any atom is -0.495 e. The molecule has 0 aliphatic carbocycles. The van der Waals surface area contributed by atoms with Gasteiger partial charge in [0.05, 0.1) is 31.8 Å². The van der Waals surface area contributed by atoms with Crippen molar-refractivity contribution in [1.82, 2.24) is 15.0 Å². The topological polar surface area (TPSA) is 102 Å². The van der Waals surface area contributed by atoms with Crippen molar-refractivity contribution in [2.45, 2.75) is 5.16 Å². The Bertz CT molecular complexity index is 1100. The average molecular weight is 487 g/mol. The first-order valence-corrected chi connectivity index (χ1v) is 11.6. The molecule has 0 atom stereocenters. The number of hydrogen-bond acceptors (Lipinski definition) is 9. The summed E-state index contributed by atoms with van der Waals surface area (Å²) in [7, 11) is 1.53. The highest BCUT2D eigenvalue weighted by molar-refractivity contribution is 7.99. The minimum atomic E-state index is -0.230. The molecule has 1 aliphatic heterocycles. The fourth-order valence-corrected chi connectivity index (χ4v) is 3.92. The second kappa shape index (κ2) is 11.2. The molecule has 2 aromatic carbocycles. The normalized spacial score (nSPS) is 13.5. The van der Waals surface area contributed by atoms with Gasteiger partial charge in [0.25, 0.3) is 0 Å². The Kier molecular flexibility index (Phi) is 7.82. The molecule has 2 N–H and O–H groups in total. The van der Waals surface area contributed by atoms with Crippen LogP contribution in [0, 0.1) is 0 Å². The van der Waals surface area contributed by atoms with Crippen LogP contribution in [-0.2, 0) is 9.53 Å². The van der Waals surface area contributed by atoms with Crippen LogP contribution in [0.4, 0.5) is 23.3 Å². The zero-order valence-corrected chi connectivity index (χ0v) is 19.5. The third kappa shape index (κ3) is 6.47. The summed E-state index contributed by atoms with van der Waals surface area (Å²) in [5.41, 5.74) is 1.37. The highest BCUT2D eigenvalue weighted by Crippen LogP contribution is 2.28. The Balaban J connectivity index is 1.49. The molecular formula is C22H23ClN6O3S. The number of amides is 1. The Morgan fingerprint density at radius 2 is 1.94 bits per heavy atom. The number of nitrogens with zero attached hydrogens (tertiary/aromatic N) is 4. The van der Waals surface area contributed by atoms with Crippen molar-refractivity contribution in [2.75, 3.05) is 54.7 Å². The van der Waals surface area contributed by atoms with E-state index in [0.29, 0.717) is 59.8 Å². The summed E-state index contributed by atoms with van der Waals surface area (Å²) in [6.45, 7) is 2.60. The van der Waals surface area contributed by atoms with Crippen molar-refractivity contribution in [3.05, 3.63) is 53.6 Å². The van der Waals surface area contributed by atoms with Gasteiger partial charge in [-0.25, -0.2) is 0 Å². The number of ether oxygens (including phenoxy) is 2. The standard InChI is InChI=1S/C22H23ClN6O3S/c1-31-18-8-7-15(23)13-17(18)25-19(30)14-33-22-27-20(24-16-5-3-2-4-6-16)26-21(28-22)29-9-11-32-12-10-29/h2-8,13H,9-12,14H2,1H3,(H,25,30)(H,24,26,27,28). The summed E-state index contributed by atoms with van der Waals surface area (Å²) in [4.78, 5) is 28.3. The largest absolute Gasteiger partial charge is 0.495 e. The fraction of sp³-hybridized carbons (Fsp3) is 0.273. The quantitative estimate of drug-likeness (QED) is 0.459. The van der Waals surface area contributed by atoms with Gasteiger partial charge >= 0.3 is 0 Å². The Labute approximate surface area is 200 Å². The van der Waals surface area contributed by atoms with Crippen LogP contribution in [0.15, 0.2) is 53.7 Å². The number of nitrogens with one attached hydrogen (secondary N) is 2. The van der Waals surface area contributed by atoms with Gasteiger partial charge in [-0.3, -0.25) is 4.79 Å². The maximum absolute atomic E-state index is 12.6. The van der Waals surface area contributed by atoms with Crippen LogP contribution in [0.5, 0.6) is 5.75 Å². The Hall–Kier alpha value is -3.08. The van der Waals surface area contributed by atoms with Crippen LogP contribution in [-0.4, -0.2) is 60.0 Å². The second-order valence-corrected chi connectivity index (χ2v) is 8.39. The molecule has 4 rings (SSSR count). The van der Waals surface area contributed by atoms with Crippen LogP contribution < -0.4 is 20.3 Å². The van der Waals surface area contributed by atoms with Crippen LogP contribution in [0.25, 0.3) is 0 Å². The predicted molar refractivity (Wildman–Crippen MR) is 130 cm³/mol. The third-order valence-electron chi connectivity index (χ3n) is 4.69. The number of benzene rings is 2. The lowest BCUT2D eigenvalue weighted by Gasteiger charge is -2.27. The molecule has 1 aromatic heterocycles. The van der Waals surface area contributed by atoms with E-state index in [4.69, 9.17) is 21.1 Å². The summed E-state index contributed by atoms with van der Waals surface area (Å²) < 4.78 is 10.7. The monoisotopic (exact) mass is 486 g/mol. The molecule has 0 spiro atoms. The molecule has 0 bridgehead atoms. The number of morpholine rings is 1. The van der Waals surface area contributed by atoms with Crippen molar-refractivity contribution in [3.63, 3.8) is 0 Å². The van der Waals surface area contributed by atoms with Gasteiger partial charge in [0.1, 0.15) is 5.75 Å². The summed E-state index contributed by atoms with van der Waals surface area (Å²) in [6, 6.07) is 14.7. The predicted octanol–water partition coefficient (Wildman–Crippen LogP) is 3.84. The number of hydrogen-bond donors (Lipinski definition) is 2. The van der Waals surface area contributed by atoms with Gasteiger partial charge in [-0.1, -0.05) is 41.6 Å². The number of thioether (sulfide) groups is 1. The first-order chi connectivity index (χ1) is 16.1. The van der Waals surface area contributed by atoms with E-state index >= 15 is 0 Å². The smallest absolute Gasteiger partial charge is 0.234 e. The molecule has 0 unspecified atom stereocenters. The molecule has 1 saturated heterocycles. The van der Waals surface area contributed by atoms with Crippen molar-refractivity contribution in [3.8, 4) is 5.75 Å². The molecule has 11 heteroatoms. The molecular weight excluding hydrogens is 464 g/mol. The van der Waals surface area contributed by atoms with Crippen molar-refractivity contribution < 1.29 is 14.3 Å². The number of halogens is 1. The van der Waals surface area contributed by atoms with E-state index in [-0.39, 0.29) is 11.7 Å². The van der Waals surface area contributed by atoms with E-state index in [1.54, 1.807) is 18.2 Å². The van der Waals surface area contributed by atoms with Gasteiger partial charge in [-0.15, -0.1) is 0 Å². The summed E-state index contributed by atoms with van der Waals surface area (Å²) >= 11 is 7.27. The highest BCUT2D eigenvalue weighted by Gasteiger charge is 2.18. The summed E-state index contributed by atoms with van der Waals surface area (Å²) in [5.74, 6) is 1.36. The number of methoxy groups -OCH3 is 1. The summed E-state index contributed by atoms with van der Waals surface area (Å²) in [5, 5.41) is 6.97. The van der Waals surface area contributed by atoms with E-state index in [1.165, 1.54) is 18.9 Å². The van der Waals surface area contributed by atoms with Crippen LogP contribution in [0.2, 0.25) is 5.02 Å². The Morgan fingerprint density at radius 3 is 2.70 bits per heavy atom. The van der Waals surface area contributed by atoms with Crippen molar-refractivity contribution in [1.29, 1.82) is 0 Å². The maximum atomic E-state index is 12.6. The molecule has 1 aliphatic rings. The van der Waals surface area contributed by atoms with Gasteiger partial charge in [-0.05, 0) is 30.3 Å². The van der Waals surface area contributed by atoms with Gasteiger partial charge in [-0.2, -0.15) is 15.0 Å². The number of aromatic nitrogens is 3. The molecule has 9 nitrogen and oxygen atoms in total. The molecule has 3 aromatic rings. The number of para-hydroxylation sites is 1. The zero-order valence-electron chi connectivity index (χ0n) is 18.0. The molecule has 2 heterocycles. The Morgan fingerprint density at radius 1 is 1.15 bits per heavy atom. The molecule has 1 fully saturated rings. The molecule has 0 radical (unpaired) electrons. The van der Waals surface area contributed by atoms with Crippen molar-refractivity contribution >= 4 is 52.5 Å². The van der Waals surface area contributed by atoms with Gasteiger partial charge < -0.3 is 25.0 Å². The van der Waals surface area contributed by atoms with E-state index in [2.05, 4.69) is 25.6 Å². The number of anilines is 4. The molecule has 1 amide bonds. The first-order valence-electron chi connectivity index (χ1n) is 10.3. The van der Waals surface area contributed by atoms with E-state index in [0.717, 1.165) is 5.69 Å². The average Bonchev–Trinajstić information content (AvgIpc) is 2.84. The number of carbonyl (C=O) groups is 1. The van der Waals surface area contributed by atoms with E-state index < -0.39 is 0 Å². The lowest BCUT2D eigenvalue weighted by molar-refractivity contribution is -0.113. The molecule has 172 valence electrons. The molecule has 33 heavy (non-hydrogen) atoms.